The zero-order valence-electron chi connectivity index (χ0n) is 8.48. The lowest BCUT2D eigenvalue weighted by molar-refractivity contribution is 1.28. The molecule has 0 fully saturated rings. The van der Waals surface area contributed by atoms with Crippen molar-refractivity contribution in [3.63, 3.8) is 0 Å². The quantitative estimate of drug-likeness (QED) is 0.666. The fourth-order valence-corrected chi connectivity index (χ4v) is 2.78. The molecular formula is C12H11BrN2S. The third kappa shape index (κ3) is 2.58. The molecule has 0 saturated heterocycles. The average Bonchev–Trinajstić information content (AvgIpc) is 2.33. The van der Waals surface area contributed by atoms with E-state index in [4.69, 9.17) is 5.84 Å². The molecule has 16 heavy (non-hydrogen) atoms. The number of para-hydroxylation sites is 1. The molecule has 0 bridgehead atoms. The molecule has 0 atom stereocenters. The minimum Gasteiger partial charge on any atom is -0.323 e. The molecule has 2 aromatic carbocycles. The molecule has 0 aliphatic rings. The minimum atomic E-state index is 0.934. The van der Waals surface area contributed by atoms with Gasteiger partial charge in [-0.05, 0) is 40.2 Å². The van der Waals surface area contributed by atoms with E-state index < -0.39 is 0 Å². The topological polar surface area (TPSA) is 38.0 Å². The second-order valence-electron chi connectivity index (χ2n) is 3.17. The van der Waals surface area contributed by atoms with Crippen LogP contribution in [0.2, 0.25) is 0 Å². The Morgan fingerprint density at radius 2 is 1.56 bits per heavy atom. The van der Waals surface area contributed by atoms with E-state index in [1.54, 1.807) is 11.8 Å². The number of nitrogens with two attached hydrogens (primary N) is 1. The molecule has 2 aromatic rings. The number of anilines is 1. The average molecular weight is 295 g/mol. The van der Waals surface area contributed by atoms with Crippen molar-refractivity contribution in [2.45, 2.75) is 9.79 Å². The van der Waals surface area contributed by atoms with Gasteiger partial charge in [-0.3, -0.25) is 5.84 Å². The van der Waals surface area contributed by atoms with Gasteiger partial charge in [0.1, 0.15) is 0 Å². The molecule has 0 amide bonds. The van der Waals surface area contributed by atoms with E-state index in [-0.39, 0.29) is 0 Å². The largest absolute Gasteiger partial charge is 0.323 e. The van der Waals surface area contributed by atoms with E-state index in [0.717, 1.165) is 15.1 Å². The van der Waals surface area contributed by atoms with Crippen LogP contribution in [0.5, 0.6) is 0 Å². The number of nitrogens with one attached hydrogen (secondary N) is 1. The summed E-state index contributed by atoms with van der Waals surface area (Å²) in [7, 11) is 0. The number of nitrogen functional groups attached to an aromatic ring is 1. The first kappa shape index (κ1) is 11.5. The summed E-state index contributed by atoms with van der Waals surface area (Å²) in [4.78, 5) is 2.28. The molecule has 82 valence electrons. The molecule has 0 saturated carbocycles. The van der Waals surface area contributed by atoms with Gasteiger partial charge in [-0.2, -0.15) is 0 Å². The smallest absolute Gasteiger partial charge is 0.0624 e. The fraction of sp³-hybridized carbons (Fsp3) is 0. The summed E-state index contributed by atoms with van der Waals surface area (Å²) in [5, 5.41) is 0. The van der Waals surface area contributed by atoms with Gasteiger partial charge in [0, 0.05) is 14.3 Å². The van der Waals surface area contributed by atoms with E-state index in [1.165, 1.54) is 4.90 Å². The number of hydrogen-bond donors (Lipinski definition) is 2. The first-order valence-corrected chi connectivity index (χ1v) is 6.40. The van der Waals surface area contributed by atoms with Crippen molar-refractivity contribution in [2.75, 3.05) is 5.43 Å². The number of hydrazine groups is 1. The van der Waals surface area contributed by atoms with Gasteiger partial charge < -0.3 is 5.43 Å². The second-order valence-corrected chi connectivity index (χ2v) is 5.11. The van der Waals surface area contributed by atoms with Crippen LogP contribution in [0, 0.1) is 0 Å². The molecule has 2 nitrogen and oxygen atoms in total. The van der Waals surface area contributed by atoms with Crippen molar-refractivity contribution in [3.05, 3.63) is 53.0 Å². The van der Waals surface area contributed by atoms with Gasteiger partial charge in [-0.15, -0.1) is 0 Å². The van der Waals surface area contributed by atoms with E-state index in [9.17, 15) is 0 Å². The van der Waals surface area contributed by atoms with Crippen LogP contribution in [-0.2, 0) is 0 Å². The van der Waals surface area contributed by atoms with Gasteiger partial charge in [-0.25, -0.2) is 0 Å². The summed E-state index contributed by atoms with van der Waals surface area (Å²) in [6.45, 7) is 0. The molecule has 2 rings (SSSR count). The Hall–Kier alpha value is -0.970. The molecule has 0 aliphatic heterocycles. The molecular weight excluding hydrogens is 284 g/mol. The van der Waals surface area contributed by atoms with Crippen molar-refractivity contribution in [1.82, 2.24) is 0 Å². The van der Waals surface area contributed by atoms with Gasteiger partial charge in [0.2, 0.25) is 0 Å². The highest BCUT2D eigenvalue weighted by atomic mass is 79.9. The Labute approximate surface area is 107 Å². The maximum Gasteiger partial charge on any atom is 0.0624 e. The van der Waals surface area contributed by atoms with Crippen LogP contribution in [-0.4, -0.2) is 0 Å². The third-order valence-corrected chi connectivity index (χ3v) is 4.20. The number of benzene rings is 2. The molecule has 0 heterocycles. The standard InChI is InChI=1S/C12H11BrN2S/c13-9-5-1-3-7-11(9)16-12-8-4-2-6-10(12)15-14/h1-8,15H,14H2. The zero-order chi connectivity index (χ0) is 11.4. The summed E-state index contributed by atoms with van der Waals surface area (Å²) in [6, 6.07) is 16.1. The maximum atomic E-state index is 5.47. The summed E-state index contributed by atoms with van der Waals surface area (Å²) in [6.07, 6.45) is 0. The highest BCUT2D eigenvalue weighted by Crippen LogP contribution is 2.36. The Bertz CT molecular complexity index is 488. The Kier molecular flexibility index (Phi) is 3.88. The van der Waals surface area contributed by atoms with Crippen molar-refractivity contribution < 1.29 is 0 Å². The van der Waals surface area contributed by atoms with Crippen LogP contribution in [0.4, 0.5) is 5.69 Å². The summed E-state index contributed by atoms with van der Waals surface area (Å²) in [5.74, 6) is 5.47. The normalized spacial score (nSPS) is 10.1. The number of hydrogen-bond acceptors (Lipinski definition) is 3. The third-order valence-electron chi connectivity index (χ3n) is 2.10. The summed E-state index contributed by atoms with van der Waals surface area (Å²) >= 11 is 5.20. The van der Waals surface area contributed by atoms with Crippen LogP contribution in [0.15, 0.2) is 62.8 Å². The van der Waals surface area contributed by atoms with E-state index in [0.29, 0.717) is 0 Å². The Balaban J connectivity index is 2.30. The van der Waals surface area contributed by atoms with Crippen molar-refractivity contribution >= 4 is 33.4 Å². The summed E-state index contributed by atoms with van der Waals surface area (Å²) in [5.41, 5.74) is 3.63. The van der Waals surface area contributed by atoms with Gasteiger partial charge >= 0.3 is 0 Å². The molecule has 3 N–H and O–H groups in total. The maximum absolute atomic E-state index is 5.47. The van der Waals surface area contributed by atoms with Crippen LogP contribution < -0.4 is 11.3 Å². The second kappa shape index (κ2) is 5.39. The monoisotopic (exact) mass is 294 g/mol. The van der Waals surface area contributed by atoms with Gasteiger partial charge in [-0.1, -0.05) is 36.0 Å². The first-order valence-electron chi connectivity index (χ1n) is 4.79. The molecule has 0 aromatic heterocycles. The van der Waals surface area contributed by atoms with Gasteiger partial charge in [0.05, 0.1) is 5.69 Å². The molecule has 4 heteroatoms. The lowest BCUT2D eigenvalue weighted by Crippen LogP contribution is -2.07. The van der Waals surface area contributed by atoms with Crippen molar-refractivity contribution in [2.24, 2.45) is 5.84 Å². The Morgan fingerprint density at radius 1 is 0.938 bits per heavy atom. The predicted octanol–water partition coefficient (Wildman–Crippen LogP) is 3.89. The van der Waals surface area contributed by atoms with Crippen LogP contribution in [0.25, 0.3) is 0 Å². The van der Waals surface area contributed by atoms with Crippen LogP contribution in [0.1, 0.15) is 0 Å². The lowest BCUT2D eigenvalue weighted by Gasteiger charge is -2.08. The highest BCUT2D eigenvalue weighted by Gasteiger charge is 2.04. The number of halogens is 1. The summed E-state index contributed by atoms with van der Waals surface area (Å²) < 4.78 is 1.09. The molecule has 0 unspecified atom stereocenters. The zero-order valence-corrected chi connectivity index (χ0v) is 10.9. The molecule has 0 spiro atoms. The van der Waals surface area contributed by atoms with E-state index in [1.807, 2.05) is 42.5 Å². The van der Waals surface area contributed by atoms with Gasteiger partial charge in [0.25, 0.3) is 0 Å². The highest BCUT2D eigenvalue weighted by molar-refractivity contribution is 9.10. The van der Waals surface area contributed by atoms with E-state index >= 15 is 0 Å². The van der Waals surface area contributed by atoms with Crippen LogP contribution >= 0.6 is 27.7 Å². The van der Waals surface area contributed by atoms with Gasteiger partial charge in [0.15, 0.2) is 0 Å². The molecule has 0 radical (unpaired) electrons. The fourth-order valence-electron chi connectivity index (χ4n) is 1.32. The molecule has 0 aliphatic carbocycles. The number of rotatable bonds is 3. The van der Waals surface area contributed by atoms with Crippen molar-refractivity contribution in [3.8, 4) is 0 Å². The Morgan fingerprint density at radius 3 is 2.25 bits per heavy atom. The SMILES string of the molecule is NNc1ccccc1Sc1ccccc1Br. The first-order chi connectivity index (χ1) is 7.81. The van der Waals surface area contributed by atoms with Crippen molar-refractivity contribution in [1.29, 1.82) is 0 Å². The van der Waals surface area contributed by atoms with Crippen LogP contribution in [0.3, 0.4) is 0 Å². The predicted molar refractivity (Wildman–Crippen MR) is 72.5 cm³/mol. The lowest BCUT2D eigenvalue weighted by atomic mass is 10.3. The minimum absolute atomic E-state index is 0.934. The van der Waals surface area contributed by atoms with E-state index in [2.05, 4.69) is 27.4 Å².